The van der Waals surface area contributed by atoms with Gasteiger partial charge in [0.2, 0.25) is 6.41 Å². The molecule has 6 nitrogen and oxygen atoms in total. The number of nitrogens with one attached hydrogen (secondary N) is 1. The molecule has 1 unspecified atom stereocenters. The smallest absolute Gasteiger partial charge is 0.326 e. The van der Waals surface area contributed by atoms with E-state index in [9.17, 15) is 9.59 Å². The molecule has 0 aliphatic rings. The van der Waals surface area contributed by atoms with Crippen molar-refractivity contribution in [3.63, 3.8) is 0 Å². The molecule has 0 saturated heterocycles. The van der Waals surface area contributed by atoms with Gasteiger partial charge in [-0.25, -0.2) is 9.78 Å². The van der Waals surface area contributed by atoms with E-state index < -0.39 is 12.0 Å². The van der Waals surface area contributed by atoms with Crippen LogP contribution in [0, 0.1) is 0 Å². The summed E-state index contributed by atoms with van der Waals surface area (Å²) in [6.45, 7) is 0.919. The topological polar surface area (TPSA) is 84.2 Å². The van der Waals surface area contributed by atoms with Crippen LogP contribution in [0.15, 0.2) is 18.7 Å². The molecule has 1 heterocycles. The number of aryl methyl sites for hydroxylation is 1. The number of thioether (sulfide) groups is 1. The maximum atomic E-state index is 10.7. The molecule has 0 bridgehead atoms. The lowest BCUT2D eigenvalue weighted by atomic mass is 10.2. The first kappa shape index (κ1) is 14.6. The van der Waals surface area contributed by atoms with E-state index in [-0.39, 0.29) is 0 Å². The molecule has 0 spiro atoms. The fourth-order valence-corrected chi connectivity index (χ4v) is 2.37. The van der Waals surface area contributed by atoms with Crippen molar-refractivity contribution in [3.05, 3.63) is 18.7 Å². The van der Waals surface area contributed by atoms with Gasteiger partial charge in [0.1, 0.15) is 6.04 Å². The summed E-state index contributed by atoms with van der Waals surface area (Å²) in [7, 11) is 0. The van der Waals surface area contributed by atoms with Gasteiger partial charge in [0, 0.05) is 18.9 Å². The first-order valence-electron chi connectivity index (χ1n) is 5.70. The Balaban J connectivity index is 2.03. The van der Waals surface area contributed by atoms with Gasteiger partial charge in [-0.3, -0.25) is 4.79 Å². The van der Waals surface area contributed by atoms with Crippen LogP contribution >= 0.6 is 11.8 Å². The Bertz CT molecular complexity index is 356. The van der Waals surface area contributed by atoms with E-state index >= 15 is 0 Å². The zero-order valence-corrected chi connectivity index (χ0v) is 10.8. The molecule has 2 N–H and O–H groups in total. The van der Waals surface area contributed by atoms with Crippen molar-refractivity contribution < 1.29 is 14.7 Å². The molecule has 100 valence electrons. The highest BCUT2D eigenvalue weighted by molar-refractivity contribution is 7.99. The first-order chi connectivity index (χ1) is 8.74. The third kappa shape index (κ3) is 5.72. The Morgan fingerprint density at radius 1 is 1.56 bits per heavy atom. The maximum absolute atomic E-state index is 10.7. The Morgan fingerprint density at radius 3 is 3.00 bits per heavy atom. The largest absolute Gasteiger partial charge is 0.480 e. The van der Waals surface area contributed by atoms with Gasteiger partial charge in [-0.05, 0) is 24.3 Å². The number of carboxylic acids is 1. The Kier molecular flexibility index (Phi) is 6.93. The van der Waals surface area contributed by atoms with Gasteiger partial charge in [-0.15, -0.1) is 0 Å². The number of nitrogens with zero attached hydrogens (tertiary/aromatic N) is 2. The van der Waals surface area contributed by atoms with E-state index in [0.717, 1.165) is 24.5 Å². The molecule has 1 rings (SSSR count). The molecule has 1 aromatic heterocycles. The van der Waals surface area contributed by atoms with Crippen LogP contribution < -0.4 is 5.32 Å². The number of carboxylic acid groups (broad SMARTS) is 1. The van der Waals surface area contributed by atoms with Crippen LogP contribution in [0.1, 0.15) is 12.8 Å². The molecule has 0 aliphatic carbocycles. The summed E-state index contributed by atoms with van der Waals surface area (Å²) in [6, 6.07) is -0.774. The second-order valence-electron chi connectivity index (χ2n) is 3.73. The predicted molar refractivity (Wildman–Crippen MR) is 69.4 cm³/mol. The van der Waals surface area contributed by atoms with Gasteiger partial charge in [-0.2, -0.15) is 11.8 Å². The van der Waals surface area contributed by atoms with Crippen molar-refractivity contribution in [1.82, 2.24) is 14.9 Å². The number of carbonyl (C=O) groups excluding carboxylic acids is 1. The van der Waals surface area contributed by atoms with Crippen molar-refractivity contribution >= 4 is 24.1 Å². The Hall–Kier alpha value is -1.50. The van der Waals surface area contributed by atoms with Crippen molar-refractivity contribution in [2.45, 2.75) is 25.4 Å². The molecule has 1 aromatic rings. The summed E-state index contributed by atoms with van der Waals surface area (Å²) in [5.74, 6) is 0.703. The zero-order chi connectivity index (χ0) is 13.2. The number of rotatable bonds is 10. The number of hydrogen-bond acceptors (Lipinski definition) is 4. The number of carbonyl (C=O) groups is 2. The number of hydrogen-bond donors (Lipinski definition) is 2. The highest BCUT2D eigenvalue weighted by atomic mass is 32.2. The first-order valence-corrected chi connectivity index (χ1v) is 6.85. The zero-order valence-electron chi connectivity index (χ0n) is 9.99. The molecule has 18 heavy (non-hydrogen) atoms. The lowest BCUT2D eigenvalue weighted by Crippen LogP contribution is -2.36. The molecule has 0 radical (unpaired) electrons. The van der Waals surface area contributed by atoms with Crippen LogP contribution in [0.4, 0.5) is 0 Å². The SMILES string of the molecule is O=CNC(CCSCCCn1ccnc1)C(=O)O. The summed E-state index contributed by atoms with van der Waals surface area (Å²) in [6.07, 6.45) is 7.33. The van der Waals surface area contributed by atoms with E-state index in [4.69, 9.17) is 5.11 Å². The fraction of sp³-hybridized carbons (Fsp3) is 0.545. The highest BCUT2D eigenvalue weighted by Crippen LogP contribution is 2.07. The van der Waals surface area contributed by atoms with E-state index in [1.807, 2.05) is 10.8 Å². The van der Waals surface area contributed by atoms with Gasteiger partial charge in [0.25, 0.3) is 0 Å². The average molecular weight is 271 g/mol. The van der Waals surface area contributed by atoms with Crippen molar-refractivity contribution in [1.29, 1.82) is 0 Å². The number of aliphatic carboxylic acids is 1. The molecular weight excluding hydrogens is 254 g/mol. The van der Waals surface area contributed by atoms with Crippen LogP contribution in [0.2, 0.25) is 0 Å². The molecule has 0 aliphatic heterocycles. The molecule has 1 amide bonds. The molecule has 0 saturated carbocycles. The average Bonchev–Trinajstić information content (AvgIpc) is 2.84. The number of imidazole rings is 1. The third-order valence-electron chi connectivity index (χ3n) is 2.38. The lowest BCUT2D eigenvalue weighted by molar-refractivity contribution is -0.140. The minimum absolute atomic E-state index is 0.433. The van der Waals surface area contributed by atoms with E-state index in [0.29, 0.717) is 12.8 Å². The minimum atomic E-state index is -0.985. The summed E-state index contributed by atoms with van der Waals surface area (Å²) >= 11 is 1.69. The van der Waals surface area contributed by atoms with Crippen LogP contribution in [0.3, 0.4) is 0 Å². The van der Waals surface area contributed by atoms with E-state index in [1.54, 1.807) is 24.3 Å². The van der Waals surface area contributed by atoms with Gasteiger partial charge in [-0.1, -0.05) is 0 Å². The molecule has 0 aromatic carbocycles. The maximum Gasteiger partial charge on any atom is 0.326 e. The summed E-state index contributed by atoms with van der Waals surface area (Å²) in [4.78, 5) is 24.9. The van der Waals surface area contributed by atoms with Crippen molar-refractivity contribution in [2.75, 3.05) is 11.5 Å². The monoisotopic (exact) mass is 271 g/mol. The van der Waals surface area contributed by atoms with Gasteiger partial charge in [0.05, 0.1) is 6.33 Å². The van der Waals surface area contributed by atoms with Crippen LogP contribution in [0.5, 0.6) is 0 Å². The third-order valence-corrected chi connectivity index (χ3v) is 3.48. The summed E-state index contributed by atoms with van der Waals surface area (Å²) < 4.78 is 2.01. The van der Waals surface area contributed by atoms with Crippen molar-refractivity contribution in [3.8, 4) is 0 Å². The molecular formula is C11H17N3O3S. The summed E-state index contributed by atoms with van der Waals surface area (Å²) in [5, 5.41) is 11.1. The normalized spacial score (nSPS) is 12.0. The highest BCUT2D eigenvalue weighted by Gasteiger charge is 2.14. The second kappa shape index (κ2) is 8.57. The molecule has 7 heteroatoms. The fourth-order valence-electron chi connectivity index (χ4n) is 1.43. The van der Waals surface area contributed by atoms with Crippen molar-refractivity contribution in [2.24, 2.45) is 0 Å². The quantitative estimate of drug-likeness (QED) is 0.481. The van der Waals surface area contributed by atoms with Gasteiger partial charge >= 0.3 is 5.97 Å². The van der Waals surface area contributed by atoms with Crippen LogP contribution in [-0.4, -0.2) is 44.6 Å². The van der Waals surface area contributed by atoms with E-state index in [2.05, 4.69) is 10.3 Å². The number of aromatic nitrogens is 2. The van der Waals surface area contributed by atoms with Crippen LogP contribution in [0.25, 0.3) is 0 Å². The number of amides is 1. The lowest BCUT2D eigenvalue weighted by Gasteiger charge is -2.10. The second-order valence-corrected chi connectivity index (χ2v) is 4.96. The van der Waals surface area contributed by atoms with Gasteiger partial charge < -0.3 is 15.0 Å². The minimum Gasteiger partial charge on any atom is -0.480 e. The van der Waals surface area contributed by atoms with Crippen LogP contribution in [-0.2, 0) is 16.1 Å². The Morgan fingerprint density at radius 2 is 2.39 bits per heavy atom. The molecule has 0 fully saturated rings. The standard InChI is InChI=1S/C11H17N3O3S/c15-9-13-10(11(16)17)2-7-18-6-1-4-14-5-3-12-8-14/h3,5,8-10H,1-2,4,6-7H2,(H,13,15)(H,16,17). The molecule has 1 atom stereocenters. The summed E-state index contributed by atoms with van der Waals surface area (Å²) in [5.41, 5.74) is 0. The predicted octanol–water partition coefficient (Wildman–Crippen LogP) is 0.596. The van der Waals surface area contributed by atoms with E-state index in [1.165, 1.54) is 0 Å². The Labute approximate surface area is 110 Å². The van der Waals surface area contributed by atoms with Gasteiger partial charge in [0.15, 0.2) is 0 Å².